The maximum Gasteiger partial charge on any atom is 0.321 e. The van der Waals surface area contributed by atoms with Gasteiger partial charge in [0.2, 0.25) is 5.91 Å². The van der Waals surface area contributed by atoms with Gasteiger partial charge in [0.15, 0.2) is 0 Å². The molecular formula is C12H17N3O2. The van der Waals surface area contributed by atoms with Gasteiger partial charge < -0.3 is 15.5 Å². The van der Waals surface area contributed by atoms with Crippen LogP contribution in [0.1, 0.15) is 12.5 Å². The molecule has 1 aromatic rings. The summed E-state index contributed by atoms with van der Waals surface area (Å²) in [5.41, 5.74) is 2.22. The third-order valence-electron chi connectivity index (χ3n) is 2.29. The molecule has 0 saturated carbocycles. The predicted octanol–water partition coefficient (Wildman–Crippen LogP) is 2.05. The quantitative estimate of drug-likeness (QED) is 0.824. The van der Waals surface area contributed by atoms with Crippen molar-refractivity contribution in [3.05, 3.63) is 23.8 Å². The lowest BCUT2D eigenvalue weighted by molar-refractivity contribution is -0.114. The number of nitrogens with one attached hydrogen (secondary N) is 2. The van der Waals surface area contributed by atoms with E-state index in [0.29, 0.717) is 11.4 Å². The Balaban J connectivity index is 2.94. The lowest BCUT2D eigenvalue weighted by Crippen LogP contribution is -2.27. The van der Waals surface area contributed by atoms with E-state index in [1.807, 2.05) is 6.92 Å². The second-order valence-electron chi connectivity index (χ2n) is 3.98. The average Bonchev–Trinajstić information content (AvgIpc) is 2.23. The number of rotatable bonds is 2. The van der Waals surface area contributed by atoms with E-state index in [2.05, 4.69) is 10.6 Å². The Morgan fingerprint density at radius 3 is 2.12 bits per heavy atom. The van der Waals surface area contributed by atoms with Gasteiger partial charge in [-0.15, -0.1) is 0 Å². The van der Waals surface area contributed by atoms with E-state index in [1.54, 1.807) is 32.3 Å². The molecule has 0 spiro atoms. The number of amides is 3. The average molecular weight is 235 g/mol. The molecule has 0 aliphatic rings. The van der Waals surface area contributed by atoms with Crippen LogP contribution >= 0.6 is 0 Å². The highest BCUT2D eigenvalue weighted by molar-refractivity contribution is 5.94. The van der Waals surface area contributed by atoms with Crippen LogP contribution in [0.25, 0.3) is 0 Å². The molecule has 0 aliphatic heterocycles. The van der Waals surface area contributed by atoms with Crippen LogP contribution in [0, 0.1) is 6.92 Å². The molecule has 0 unspecified atom stereocenters. The molecule has 5 nitrogen and oxygen atoms in total. The van der Waals surface area contributed by atoms with Gasteiger partial charge in [0, 0.05) is 32.4 Å². The molecule has 0 aliphatic carbocycles. The maximum absolute atomic E-state index is 11.5. The van der Waals surface area contributed by atoms with Crippen LogP contribution in [-0.4, -0.2) is 30.9 Å². The van der Waals surface area contributed by atoms with Crippen molar-refractivity contribution in [2.24, 2.45) is 0 Å². The molecule has 2 N–H and O–H groups in total. The number of nitrogens with zero attached hydrogens (tertiary/aromatic N) is 1. The van der Waals surface area contributed by atoms with Gasteiger partial charge in [0.05, 0.1) is 0 Å². The van der Waals surface area contributed by atoms with Gasteiger partial charge >= 0.3 is 6.03 Å². The summed E-state index contributed by atoms with van der Waals surface area (Å²) >= 11 is 0. The molecule has 3 amide bonds. The Labute approximate surface area is 101 Å². The highest BCUT2D eigenvalue weighted by atomic mass is 16.2. The van der Waals surface area contributed by atoms with Gasteiger partial charge in [-0.05, 0) is 24.6 Å². The molecule has 0 heterocycles. The minimum absolute atomic E-state index is 0.135. The van der Waals surface area contributed by atoms with Crippen molar-refractivity contribution in [1.29, 1.82) is 0 Å². The number of anilines is 2. The Kier molecular flexibility index (Phi) is 4.09. The highest BCUT2D eigenvalue weighted by Crippen LogP contribution is 2.23. The number of hydrogen-bond acceptors (Lipinski definition) is 2. The van der Waals surface area contributed by atoms with Crippen LogP contribution in [0.4, 0.5) is 16.2 Å². The van der Waals surface area contributed by atoms with E-state index in [-0.39, 0.29) is 11.9 Å². The number of carbonyl (C=O) groups excluding carboxylic acids is 2. The summed E-state index contributed by atoms with van der Waals surface area (Å²) in [5.74, 6) is -0.135. The lowest BCUT2D eigenvalue weighted by atomic mass is 10.1. The summed E-state index contributed by atoms with van der Waals surface area (Å²) in [5, 5.41) is 5.47. The molecule has 0 aromatic heterocycles. The predicted molar refractivity (Wildman–Crippen MR) is 68.2 cm³/mol. The molecule has 0 bridgehead atoms. The normalized spacial score (nSPS) is 9.65. The molecule has 92 valence electrons. The van der Waals surface area contributed by atoms with Crippen molar-refractivity contribution in [3.8, 4) is 0 Å². The molecule has 5 heteroatoms. The van der Waals surface area contributed by atoms with Crippen molar-refractivity contribution in [2.75, 3.05) is 24.7 Å². The first-order valence-corrected chi connectivity index (χ1v) is 5.27. The monoisotopic (exact) mass is 235 g/mol. The van der Waals surface area contributed by atoms with Gasteiger partial charge in [0.25, 0.3) is 0 Å². The van der Waals surface area contributed by atoms with Crippen LogP contribution in [0.3, 0.4) is 0 Å². The van der Waals surface area contributed by atoms with Crippen molar-refractivity contribution in [3.63, 3.8) is 0 Å². The van der Waals surface area contributed by atoms with E-state index in [1.165, 1.54) is 11.8 Å². The number of carbonyl (C=O) groups is 2. The van der Waals surface area contributed by atoms with Gasteiger partial charge in [-0.2, -0.15) is 0 Å². The minimum atomic E-state index is -0.201. The van der Waals surface area contributed by atoms with Crippen LogP contribution < -0.4 is 10.6 Å². The number of benzene rings is 1. The first-order chi connectivity index (χ1) is 7.91. The third-order valence-corrected chi connectivity index (χ3v) is 2.29. The maximum atomic E-state index is 11.5. The van der Waals surface area contributed by atoms with E-state index in [0.717, 1.165) is 5.56 Å². The Morgan fingerprint density at radius 1 is 1.12 bits per heavy atom. The summed E-state index contributed by atoms with van der Waals surface area (Å²) in [6, 6.07) is 5.17. The van der Waals surface area contributed by atoms with Crippen molar-refractivity contribution in [1.82, 2.24) is 4.90 Å². The highest BCUT2D eigenvalue weighted by Gasteiger charge is 2.09. The summed E-state index contributed by atoms with van der Waals surface area (Å²) in [6.07, 6.45) is 0. The van der Waals surface area contributed by atoms with Crippen LogP contribution in [0.2, 0.25) is 0 Å². The van der Waals surface area contributed by atoms with E-state index in [4.69, 9.17) is 0 Å². The molecule has 0 atom stereocenters. The molecule has 0 fully saturated rings. The first kappa shape index (κ1) is 13.0. The molecule has 17 heavy (non-hydrogen) atoms. The fourth-order valence-electron chi connectivity index (χ4n) is 1.32. The molecule has 1 rings (SSSR count). The Bertz CT molecular complexity index is 441. The molecule has 1 aromatic carbocycles. The summed E-state index contributed by atoms with van der Waals surface area (Å²) in [7, 11) is 3.34. The van der Waals surface area contributed by atoms with Gasteiger partial charge in [-0.1, -0.05) is 6.07 Å². The molecule has 0 saturated heterocycles. The standard InChI is InChI=1S/C12H17N3O2/c1-8-10(13-9(2)16)6-5-7-11(8)14-12(17)15(3)4/h5-7H,1-4H3,(H,13,16)(H,14,17). The van der Waals surface area contributed by atoms with Crippen LogP contribution in [0.15, 0.2) is 18.2 Å². The number of hydrogen-bond donors (Lipinski definition) is 2. The number of urea groups is 1. The molecular weight excluding hydrogens is 218 g/mol. The largest absolute Gasteiger partial charge is 0.331 e. The summed E-state index contributed by atoms with van der Waals surface area (Å²) < 4.78 is 0. The lowest BCUT2D eigenvalue weighted by Gasteiger charge is -2.15. The zero-order valence-corrected chi connectivity index (χ0v) is 10.5. The third kappa shape index (κ3) is 3.48. The Hall–Kier alpha value is -2.04. The van der Waals surface area contributed by atoms with Crippen LogP contribution in [0.5, 0.6) is 0 Å². The SMILES string of the molecule is CC(=O)Nc1cccc(NC(=O)N(C)C)c1C. The van der Waals surface area contributed by atoms with Crippen molar-refractivity contribution in [2.45, 2.75) is 13.8 Å². The van der Waals surface area contributed by atoms with E-state index >= 15 is 0 Å². The topological polar surface area (TPSA) is 61.4 Å². The summed E-state index contributed by atoms with van der Waals surface area (Å²) in [6.45, 7) is 3.29. The van der Waals surface area contributed by atoms with Gasteiger partial charge in [-0.3, -0.25) is 4.79 Å². The summed E-state index contributed by atoms with van der Waals surface area (Å²) in [4.78, 5) is 24.0. The smallest absolute Gasteiger partial charge is 0.321 e. The van der Waals surface area contributed by atoms with Gasteiger partial charge in [-0.25, -0.2) is 4.79 Å². The fourth-order valence-corrected chi connectivity index (χ4v) is 1.32. The van der Waals surface area contributed by atoms with E-state index in [9.17, 15) is 9.59 Å². The molecule has 0 radical (unpaired) electrons. The second kappa shape index (κ2) is 5.34. The van der Waals surface area contributed by atoms with Crippen molar-refractivity contribution >= 4 is 23.3 Å². The Morgan fingerprint density at radius 2 is 1.65 bits per heavy atom. The van der Waals surface area contributed by atoms with Crippen molar-refractivity contribution < 1.29 is 9.59 Å². The minimum Gasteiger partial charge on any atom is -0.331 e. The van der Waals surface area contributed by atoms with Gasteiger partial charge in [0.1, 0.15) is 0 Å². The zero-order chi connectivity index (χ0) is 13.0. The zero-order valence-electron chi connectivity index (χ0n) is 10.5. The van der Waals surface area contributed by atoms with E-state index < -0.39 is 0 Å². The fraction of sp³-hybridized carbons (Fsp3) is 0.333. The first-order valence-electron chi connectivity index (χ1n) is 5.27. The van der Waals surface area contributed by atoms with Crippen LogP contribution in [-0.2, 0) is 4.79 Å². The second-order valence-corrected chi connectivity index (χ2v) is 3.98.